The minimum absolute atomic E-state index is 0.111. The second kappa shape index (κ2) is 4.15. The first-order valence-electron chi connectivity index (χ1n) is 5.63. The normalized spacial score (nSPS) is 12.9. The third kappa shape index (κ3) is 1.82. The third-order valence-electron chi connectivity index (χ3n) is 2.89. The van der Waals surface area contributed by atoms with Crippen molar-refractivity contribution >= 4 is 16.9 Å². The number of nitrogens with zero attached hydrogens (tertiary/aromatic N) is 2. The van der Waals surface area contributed by atoms with Crippen LogP contribution in [0.4, 0.5) is 5.95 Å². The van der Waals surface area contributed by atoms with Gasteiger partial charge < -0.3 is 21.0 Å². The van der Waals surface area contributed by atoms with Crippen LogP contribution in [0.3, 0.4) is 0 Å². The summed E-state index contributed by atoms with van der Waals surface area (Å²) in [4.78, 5) is 7.14. The van der Waals surface area contributed by atoms with Gasteiger partial charge in [0.2, 0.25) is 5.89 Å². The van der Waals surface area contributed by atoms with E-state index in [0.717, 1.165) is 16.5 Å². The van der Waals surface area contributed by atoms with E-state index in [1.807, 2.05) is 24.4 Å². The van der Waals surface area contributed by atoms with Crippen LogP contribution >= 0.6 is 0 Å². The molecule has 0 aliphatic rings. The Morgan fingerprint density at radius 3 is 2.94 bits per heavy atom. The quantitative estimate of drug-likeness (QED) is 0.644. The van der Waals surface area contributed by atoms with Gasteiger partial charge in [-0.3, -0.25) is 0 Å². The number of hydrogen-bond acceptors (Lipinski definition) is 5. The van der Waals surface area contributed by atoms with E-state index in [1.165, 1.54) is 0 Å². The number of hydrogen-bond donors (Lipinski definition) is 3. The highest BCUT2D eigenvalue weighted by Crippen LogP contribution is 2.22. The van der Waals surface area contributed by atoms with Crippen LogP contribution in [-0.4, -0.2) is 15.1 Å². The van der Waals surface area contributed by atoms with Crippen molar-refractivity contribution in [3.8, 4) is 0 Å². The summed E-state index contributed by atoms with van der Waals surface area (Å²) in [7, 11) is 0. The molecule has 0 saturated heterocycles. The highest BCUT2D eigenvalue weighted by molar-refractivity contribution is 5.83. The van der Waals surface area contributed by atoms with E-state index < -0.39 is 0 Å². The lowest BCUT2D eigenvalue weighted by atomic mass is 10.1. The summed E-state index contributed by atoms with van der Waals surface area (Å²) >= 11 is 0. The lowest BCUT2D eigenvalue weighted by Crippen LogP contribution is -2.13. The van der Waals surface area contributed by atoms with Crippen molar-refractivity contribution in [2.45, 2.75) is 12.5 Å². The molecule has 0 aliphatic heterocycles. The monoisotopic (exact) mass is 243 g/mol. The molecular formula is C12H13N5O. The maximum absolute atomic E-state index is 6.02. The fourth-order valence-corrected chi connectivity index (χ4v) is 2.02. The molecule has 2 heterocycles. The van der Waals surface area contributed by atoms with E-state index in [9.17, 15) is 0 Å². The Kier molecular flexibility index (Phi) is 2.49. The predicted octanol–water partition coefficient (Wildman–Crippen LogP) is 1.38. The molecule has 1 atom stereocenters. The molecule has 5 N–H and O–H groups in total. The van der Waals surface area contributed by atoms with Crippen LogP contribution in [0, 0.1) is 0 Å². The van der Waals surface area contributed by atoms with Crippen molar-refractivity contribution in [3.05, 3.63) is 41.9 Å². The van der Waals surface area contributed by atoms with Crippen molar-refractivity contribution in [1.82, 2.24) is 15.1 Å². The zero-order chi connectivity index (χ0) is 12.5. The van der Waals surface area contributed by atoms with Crippen molar-refractivity contribution in [3.63, 3.8) is 0 Å². The van der Waals surface area contributed by atoms with Crippen LogP contribution in [0.15, 0.2) is 35.0 Å². The highest BCUT2D eigenvalue weighted by atomic mass is 16.5. The van der Waals surface area contributed by atoms with Crippen LogP contribution in [0.1, 0.15) is 17.5 Å². The molecule has 0 unspecified atom stereocenters. The zero-order valence-electron chi connectivity index (χ0n) is 9.63. The van der Waals surface area contributed by atoms with Crippen LogP contribution < -0.4 is 11.5 Å². The average Bonchev–Trinajstić information content (AvgIpc) is 2.97. The number of anilines is 1. The first kappa shape index (κ1) is 10.8. The van der Waals surface area contributed by atoms with Gasteiger partial charge in [-0.25, -0.2) is 0 Å². The molecule has 0 fully saturated rings. The molecule has 6 heteroatoms. The van der Waals surface area contributed by atoms with Gasteiger partial charge in [-0.15, -0.1) is 0 Å². The molecule has 3 aromatic rings. The summed E-state index contributed by atoms with van der Waals surface area (Å²) in [5.74, 6) is 0.470. The van der Waals surface area contributed by atoms with Gasteiger partial charge >= 0.3 is 0 Å². The molecule has 92 valence electrons. The summed E-state index contributed by atoms with van der Waals surface area (Å²) in [5.41, 5.74) is 13.6. The molecule has 6 nitrogen and oxygen atoms in total. The first-order valence-corrected chi connectivity index (χ1v) is 5.63. The topological polar surface area (TPSA) is 107 Å². The third-order valence-corrected chi connectivity index (χ3v) is 2.89. The second-order valence-corrected chi connectivity index (χ2v) is 4.16. The number of aromatic nitrogens is 3. The maximum Gasteiger partial charge on any atom is 0.260 e. The molecule has 2 aromatic heterocycles. The largest absolute Gasteiger partial charge is 0.365 e. The fraction of sp³-hybridized carbons (Fsp3) is 0.167. The molecular weight excluding hydrogens is 230 g/mol. The Morgan fingerprint density at radius 2 is 2.17 bits per heavy atom. The molecule has 0 aliphatic carbocycles. The van der Waals surface area contributed by atoms with E-state index in [-0.39, 0.29) is 12.0 Å². The van der Waals surface area contributed by atoms with Crippen LogP contribution in [0.25, 0.3) is 10.9 Å². The highest BCUT2D eigenvalue weighted by Gasteiger charge is 2.16. The van der Waals surface area contributed by atoms with Gasteiger partial charge in [0.25, 0.3) is 5.95 Å². The minimum Gasteiger partial charge on any atom is -0.365 e. The Bertz CT molecular complexity index is 672. The lowest BCUT2D eigenvalue weighted by Gasteiger charge is -2.05. The number of H-pyrrole nitrogens is 1. The molecule has 1 aromatic carbocycles. The van der Waals surface area contributed by atoms with Gasteiger partial charge in [0.05, 0.1) is 6.04 Å². The van der Waals surface area contributed by atoms with Crippen LogP contribution in [0.2, 0.25) is 0 Å². The Morgan fingerprint density at radius 1 is 1.33 bits per heavy atom. The van der Waals surface area contributed by atoms with Crippen LogP contribution in [-0.2, 0) is 6.42 Å². The zero-order valence-corrected chi connectivity index (χ0v) is 9.63. The average molecular weight is 243 g/mol. The summed E-state index contributed by atoms with van der Waals surface area (Å²) in [6.07, 6.45) is 2.57. The molecule has 0 bridgehead atoms. The van der Waals surface area contributed by atoms with E-state index in [1.54, 1.807) is 0 Å². The van der Waals surface area contributed by atoms with Crippen LogP contribution in [0.5, 0.6) is 0 Å². The van der Waals surface area contributed by atoms with E-state index in [4.69, 9.17) is 16.0 Å². The number of benzene rings is 1. The number of nitrogens with two attached hydrogens (primary N) is 2. The van der Waals surface area contributed by atoms with Gasteiger partial charge in [0.15, 0.2) is 0 Å². The minimum atomic E-state index is -0.353. The molecule has 18 heavy (non-hydrogen) atoms. The Labute approximate surface area is 103 Å². The SMILES string of the molecule is Nc1noc([C@H](N)Cc2c[nH]c3ccccc23)n1. The Hall–Kier alpha value is -2.34. The van der Waals surface area contributed by atoms with Gasteiger partial charge in [-0.2, -0.15) is 4.98 Å². The number of aromatic amines is 1. The molecule has 0 radical (unpaired) electrons. The van der Waals surface area contributed by atoms with E-state index in [2.05, 4.69) is 21.2 Å². The maximum atomic E-state index is 6.02. The number of para-hydroxylation sites is 1. The molecule has 0 saturated carbocycles. The molecule has 0 spiro atoms. The van der Waals surface area contributed by atoms with Crippen molar-refractivity contribution in [1.29, 1.82) is 0 Å². The second-order valence-electron chi connectivity index (χ2n) is 4.16. The summed E-state index contributed by atoms with van der Waals surface area (Å²) in [6, 6.07) is 7.70. The summed E-state index contributed by atoms with van der Waals surface area (Å²) < 4.78 is 4.97. The molecule has 3 rings (SSSR count). The predicted molar refractivity (Wildman–Crippen MR) is 67.6 cm³/mol. The van der Waals surface area contributed by atoms with Crippen molar-refractivity contribution in [2.75, 3.05) is 5.73 Å². The Balaban J connectivity index is 1.88. The van der Waals surface area contributed by atoms with E-state index in [0.29, 0.717) is 12.3 Å². The summed E-state index contributed by atoms with van der Waals surface area (Å²) in [5, 5.41) is 4.69. The molecule has 0 amide bonds. The van der Waals surface area contributed by atoms with Gasteiger partial charge in [-0.1, -0.05) is 18.2 Å². The van der Waals surface area contributed by atoms with Gasteiger partial charge in [-0.05, 0) is 23.2 Å². The van der Waals surface area contributed by atoms with Crippen molar-refractivity contribution in [2.24, 2.45) is 5.73 Å². The number of nitrogen functional groups attached to an aromatic ring is 1. The first-order chi connectivity index (χ1) is 8.74. The van der Waals surface area contributed by atoms with E-state index >= 15 is 0 Å². The number of nitrogens with one attached hydrogen (secondary N) is 1. The smallest absolute Gasteiger partial charge is 0.260 e. The van der Waals surface area contributed by atoms with Gasteiger partial charge in [0, 0.05) is 17.1 Å². The summed E-state index contributed by atoms with van der Waals surface area (Å²) in [6.45, 7) is 0. The number of rotatable bonds is 3. The van der Waals surface area contributed by atoms with Gasteiger partial charge in [0.1, 0.15) is 0 Å². The number of fused-ring (bicyclic) bond motifs is 1. The van der Waals surface area contributed by atoms with Crippen molar-refractivity contribution < 1.29 is 4.52 Å². The fourth-order valence-electron chi connectivity index (χ4n) is 2.02. The standard InChI is InChI=1S/C12H13N5O/c13-9(11-16-12(14)17-18-11)5-7-6-15-10-4-2-1-3-8(7)10/h1-4,6,9,15H,5,13H2,(H2,14,17)/t9-/m1/s1. The lowest BCUT2D eigenvalue weighted by molar-refractivity contribution is 0.355.